The molecule has 3 aromatic heterocycles. The van der Waals surface area contributed by atoms with Gasteiger partial charge in [0.25, 0.3) is 5.91 Å². The maximum absolute atomic E-state index is 12.5. The summed E-state index contributed by atoms with van der Waals surface area (Å²) in [5.41, 5.74) is 2.24. The first-order valence-corrected chi connectivity index (χ1v) is 8.49. The highest BCUT2D eigenvalue weighted by molar-refractivity contribution is 7.20. The van der Waals surface area contributed by atoms with Crippen LogP contribution in [0.2, 0.25) is 0 Å². The van der Waals surface area contributed by atoms with Crippen LogP contribution in [0.15, 0.2) is 27.4 Å². The molecule has 114 valence electrons. The number of carbonyl (C=O) groups is 1. The van der Waals surface area contributed by atoms with E-state index in [4.69, 9.17) is 4.52 Å². The summed E-state index contributed by atoms with van der Waals surface area (Å²) in [6, 6.07) is 3.98. The van der Waals surface area contributed by atoms with Gasteiger partial charge in [0.05, 0.1) is 17.1 Å². The van der Waals surface area contributed by atoms with Crippen LogP contribution in [0.25, 0.3) is 9.88 Å². The first-order chi connectivity index (χ1) is 10.6. The number of hydrogen-bond donors (Lipinski definition) is 0. The minimum atomic E-state index is -0.0981. The summed E-state index contributed by atoms with van der Waals surface area (Å²) >= 11 is 3.11. The monoisotopic (exact) mass is 333 g/mol. The van der Waals surface area contributed by atoms with Crippen molar-refractivity contribution in [1.82, 2.24) is 15.0 Å². The van der Waals surface area contributed by atoms with Gasteiger partial charge >= 0.3 is 0 Å². The highest BCUT2D eigenvalue weighted by Gasteiger charge is 2.19. The molecule has 3 rings (SSSR count). The van der Waals surface area contributed by atoms with Crippen LogP contribution in [0.5, 0.6) is 0 Å². The largest absolute Gasteiger partial charge is 0.361 e. The van der Waals surface area contributed by atoms with Gasteiger partial charge in [0.1, 0.15) is 16.5 Å². The van der Waals surface area contributed by atoms with E-state index in [2.05, 4.69) is 10.1 Å². The zero-order valence-electron chi connectivity index (χ0n) is 12.5. The van der Waals surface area contributed by atoms with Crippen LogP contribution in [-0.4, -0.2) is 28.0 Å². The van der Waals surface area contributed by atoms with Crippen molar-refractivity contribution >= 4 is 28.6 Å². The highest BCUT2D eigenvalue weighted by Crippen LogP contribution is 2.28. The van der Waals surface area contributed by atoms with E-state index in [0.717, 1.165) is 26.9 Å². The van der Waals surface area contributed by atoms with Crippen molar-refractivity contribution in [2.24, 2.45) is 0 Å². The number of amides is 1. The predicted octanol–water partition coefficient (Wildman–Crippen LogP) is 3.75. The fraction of sp³-hybridized carbons (Fsp3) is 0.267. The molecular weight excluding hydrogens is 318 g/mol. The zero-order chi connectivity index (χ0) is 15.7. The summed E-state index contributed by atoms with van der Waals surface area (Å²) in [6.45, 7) is 4.19. The van der Waals surface area contributed by atoms with Crippen molar-refractivity contribution in [3.05, 3.63) is 45.6 Å². The van der Waals surface area contributed by atoms with Crippen LogP contribution in [0.4, 0.5) is 0 Å². The van der Waals surface area contributed by atoms with E-state index in [1.165, 1.54) is 11.3 Å². The van der Waals surface area contributed by atoms with Crippen molar-refractivity contribution < 1.29 is 9.32 Å². The van der Waals surface area contributed by atoms with Crippen molar-refractivity contribution in [3.8, 4) is 9.88 Å². The Bertz CT molecular complexity index is 770. The molecular formula is C15H15N3O2S2. The lowest BCUT2D eigenvalue weighted by Crippen LogP contribution is -2.26. The molecule has 0 spiro atoms. The summed E-state index contributed by atoms with van der Waals surface area (Å²) in [4.78, 5) is 19.7. The molecule has 0 radical (unpaired) electrons. The Labute approximate surface area is 136 Å². The maximum Gasteiger partial charge on any atom is 0.273 e. The average molecular weight is 333 g/mol. The molecule has 0 N–H and O–H groups in total. The number of thiazole rings is 1. The molecule has 0 atom stereocenters. The number of carbonyl (C=O) groups excluding carboxylic acids is 1. The molecule has 7 heteroatoms. The smallest absolute Gasteiger partial charge is 0.273 e. The second-order valence-electron chi connectivity index (χ2n) is 4.98. The molecule has 0 unspecified atom stereocenters. The lowest BCUT2D eigenvalue weighted by atomic mass is 10.2. The highest BCUT2D eigenvalue weighted by atomic mass is 32.1. The molecule has 1 amide bonds. The van der Waals surface area contributed by atoms with Crippen LogP contribution >= 0.6 is 22.7 Å². The van der Waals surface area contributed by atoms with E-state index in [0.29, 0.717) is 12.2 Å². The van der Waals surface area contributed by atoms with Gasteiger partial charge in [-0.3, -0.25) is 4.79 Å². The van der Waals surface area contributed by atoms with Crippen molar-refractivity contribution in [2.75, 3.05) is 7.05 Å². The Morgan fingerprint density at radius 2 is 2.18 bits per heavy atom. The number of aromatic nitrogens is 2. The molecule has 0 bridgehead atoms. The van der Waals surface area contributed by atoms with Crippen LogP contribution in [-0.2, 0) is 6.54 Å². The lowest BCUT2D eigenvalue weighted by Gasteiger charge is -2.15. The quantitative estimate of drug-likeness (QED) is 0.729. The normalized spacial score (nSPS) is 10.9. The van der Waals surface area contributed by atoms with Gasteiger partial charge in [-0.1, -0.05) is 11.2 Å². The molecule has 3 heterocycles. The van der Waals surface area contributed by atoms with E-state index in [1.54, 1.807) is 28.7 Å². The number of nitrogens with zero attached hydrogens (tertiary/aromatic N) is 3. The Kier molecular flexibility index (Phi) is 4.08. The number of thiophene rings is 1. The molecule has 0 aliphatic heterocycles. The zero-order valence-corrected chi connectivity index (χ0v) is 14.1. The Balaban J connectivity index is 1.76. The fourth-order valence-electron chi connectivity index (χ4n) is 2.12. The Morgan fingerprint density at radius 1 is 1.36 bits per heavy atom. The molecule has 0 saturated carbocycles. The van der Waals surface area contributed by atoms with E-state index in [1.807, 2.05) is 31.4 Å². The van der Waals surface area contributed by atoms with Gasteiger partial charge in [-0.25, -0.2) is 4.98 Å². The third-order valence-electron chi connectivity index (χ3n) is 3.38. The molecule has 0 fully saturated rings. The van der Waals surface area contributed by atoms with E-state index < -0.39 is 0 Å². The van der Waals surface area contributed by atoms with E-state index >= 15 is 0 Å². The summed E-state index contributed by atoms with van der Waals surface area (Å²) in [7, 11) is 1.76. The molecule has 5 nitrogen and oxygen atoms in total. The van der Waals surface area contributed by atoms with Gasteiger partial charge < -0.3 is 9.42 Å². The maximum atomic E-state index is 12.5. The van der Waals surface area contributed by atoms with Crippen molar-refractivity contribution in [3.63, 3.8) is 0 Å². The van der Waals surface area contributed by atoms with Crippen molar-refractivity contribution in [2.45, 2.75) is 20.4 Å². The summed E-state index contributed by atoms with van der Waals surface area (Å²) < 4.78 is 5.13. The van der Waals surface area contributed by atoms with Crippen LogP contribution in [0.1, 0.15) is 27.5 Å². The number of aryl methyl sites for hydroxylation is 2. The minimum Gasteiger partial charge on any atom is -0.361 e. The number of hydrogen-bond acceptors (Lipinski definition) is 6. The molecule has 0 saturated heterocycles. The van der Waals surface area contributed by atoms with Crippen LogP contribution in [0.3, 0.4) is 0 Å². The molecule has 22 heavy (non-hydrogen) atoms. The first kappa shape index (κ1) is 14.9. The van der Waals surface area contributed by atoms with Gasteiger partial charge in [0.15, 0.2) is 0 Å². The van der Waals surface area contributed by atoms with Gasteiger partial charge in [-0.15, -0.1) is 22.7 Å². The molecule has 3 aromatic rings. The first-order valence-electron chi connectivity index (χ1n) is 6.73. The van der Waals surface area contributed by atoms with Gasteiger partial charge in [0.2, 0.25) is 0 Å². The van der Waals surface area contributed by atoms with Crippen LogP contribution in [0, 0.1) is 13.8 Å². The molecule has 0 aromatic carbocycles. The summed E-state index contributed by atoms with van der Waals surface area (Å²) in [5, 5.41) is 8.60. The average Bonchev–Trinajstić information content (AvgIpc) is 3.22. The van der Waals surface area contributed by atoms with E-state index in [-0.39, 0.29) is 5.91 Å². The second-order valence-corrected chi connectivity index (χ2v) is 6.78. The van der Waals surface area contributed by atoms with E-state index in [9.17, 15) is 4.79 Å². The third-order valence-corrected chi connectivity index (χ3v) is 5.26. The summed E-state index contributed by atoms with van der Waals surface area (Å²) in [6.07, 6.45) is 0. The topological polar surface area (TPSA) is 59.2 Å². The third kappa shape index (κ3) is 2.82. The molecule has 0 aliphatic rings. The summed E-state index contributed by atoms with van der Waals surface area (Å²) in [5.74, 6) is 0.647. The SMILES string of the molecule is Cc1noc(C)c1CN(C)C(=O)c1csc(-c2cccs2)n1. The predicted molar refractivity (Wildman–Crippen MR) is 87.2 cm³/mol. The van der Waals surface area contributed by atoms with Gasteiger partial charge in [0, 0.05) is 18.0 Å². The fourth-order valence-corrected chi connectivity index (χ4v) is 3.73. The Hall–Kier alpha value is -1.99. The minimum absolute atomic E-state index is 0.0981. The molecule has 0 aliphatic carbocycles. The van der Waals surface area contributed by atoms with Gasteiger partial charge in [-0.2, -0.15) is 0 Å². The van der Waals surface area contributed by atoms with Crippen molar-refractivity contribution in [1.29, 1.82) is 0 Å². The Morgan fingerprint density at radius 3 is 2.82 bits per heavy atom. The standard InChI is InChI=1S/C15H15N3O2S2/c1-9-11(10(2)20-17-9)7-18(3)15(19)12-8-22-14(16-12)13-5-4-6-21-13/h4-6,8H,7H2,1-3H3. The number of rotatable bonds is 4. The van der Waals surface area contributed by atoms with Gasteiger partial charge in [-0.05, 0) is 25.3 Å². The lowest BCUT2D eigenvalue weighted by molar-refractivity contribution is 0.0779. The second kappa shape index (κ2) is 6.02. The van der Waals surface area contributed by atoms with Crippen LogP contribution < -0.4 is 0 Å².